The Kier molecular flexibility index (Phi) is 6.27. The van der Waals surface area contributed by atoms with Gasteiger partial charge in [0.25, 0.3) is 0 Å². The lowest BCUT2D eigenvalue weighted by Gasteiger charge is -2.34. The van der Waals surface area contributed by atoms with Crippen molar-refractivity contribution < 1.29 is 9.53 Å². The van der Waals surface area contributed by atoms with Gasteiger partial charge in [-0.1, -0.05) is 27.7 Å². The highest BCUT2D eigenvalue weighted by Crippen LogP contribution is 2.20. The number of carbonyl (C=O) groups excluding carboxylic acids is 1. The highest BCUT2D eigenvalue weighted by atomic mass is 16.5. The summed E-state index contributed by atoms with van der Waals surface area (Å²) in [7, 11) is 0. The van der Waals surface area contributed by atoms with Crippen LogP contribution in [0.1, 0.15) is 53.4 Å². The number of hydrogen-bond donors (Lipinski definition) is 1. The normalized spacial score (nSPS) is 22.1. The van der Waals surface area contributed by atoms with Gasteiger partial charge < -0.3 is 15.4 Å². The Morgan fingerprint density at radius 1 is 1.42 bits per heavy atom. The summed E-state index contributed by atoms with van der Waals surface area (Å²) >= 11 is 0. The van der Waals surface area contributed by atoms with Crippen LogP contribution in [0.15, 0.2) is 0 Å². The minimum absolute atomic E-state index is 0.0588. The molecule has 1 fully saturated rings. The molecule has 1 saturated heterocycles. The Balaban J connectivity index is 2.62. The minimum Gasteiger partial charge on any atom is -0.376 e. The average Bonchev–Trinajstić information content (AvgIpc) is 2.36. The first kappa shape index (κ1) is 16.4. The van der Waals surface area contributed by atoms with Crippen LogP contribution >= 0.6 is 0 Å². The quantitative estimate of drug-likeness (QED) is 0.833. The van der Waals surface area contributed by atoms with Crippen molar-refractivity contribution in [1.82, 2.24) is 4.90 Å². The fourth-order valence-electron chi connectivity index (χ4n) is 2.33. The summed E-state index contributed by atoms with van der Waals surface area (Å²) in [6.45, 7) is 10.4. The van der Waals surface area contributed by atoms with Crippen molar-refractivity contribution in [2.45, 2.75) is 65.5 Å². The first-order valence-corrected chi connectivity index (χ1v) is 7.52. The van der Waals surface area contributed by atoms with Gasteiger partial charge in [0.2, 0.25) is 5.91 Å². The molecule has 1 heterocycles. The van der Waals surface area contributed by atoms with Crippen LogP contribution in [0.3, 0.4) is 0 Å². The van der Waals surface area contributed by atoms with E-state index in [1.807, 2.05) is 25.7 Å². The molecule has 0 aliphatic carbocycles. The maximum atomic E-state index is 12.5. The molecule has 1 aliphatic rings. The van der Waals surface area contributed by atoms with E-state index < -0.39 is 6.04 Å². The maximum absolute atomic E-state index is 12.5. The Hall–Kier alpha value is -0.610. The van der Waals surface area contributed by atoms with Crippen LogP contribution < -0.4 is 5.73 Å². The lowest BCUT2D eigenvalue weighted by molar-refractivity contribution is -0.137. The number of amides is 1. The number of ether oxygens (including phenoxy) is 1. The molecule has 1 amide bonds. The van der Waals surface area contributed by atoms with Gasteiger partial charge in [0, 0.05) is 19.7 Å². The van der Waals surface area contributed by atoms with Crippen LogP contribution in [-0.4, -0.2) is 42.6 Å². The number of rotatable bonds is 5. The smallest absolute Gasteiger partial charge is 0.240 e. The lowest BCUT2D eigenvalue weighted by Crippen LogP contribution is -2.52. The van der Waals surface area contributed by atoms with Crippen molar-refractivity contribution in [2.75, 3.05) is 19.7 Å². The molecule has 19 heavy (non-hydrogen) atoms. The van der Waals surface area contributed by atoms with E-state index in [1.165, 1.54) is 6.42 Å². The molecule has 1 rings (SSSR count). The van der Waals surface area contributed by atoms with Crippen LogP contribution in [0.25, 0.3) is 0 Å². The third kappa shape index (κ3) is 5.11. The van der Waals surface area contributed by atoms with Gasteiger partial charge in [0.05, 0.1) is 12.1 Å². The van der Waals surface area contributed by atoms with E-state index in [0.29, 0.717) is 6.54 Å². The van der Waals surface area contributed by atoms with Crippen molar-refractivity contribution in [1.29, 1.82) is 0 Å². The van der Waals surface area contributed by atoms with E-state index in [9.17, 15) is 4.79 Å². The van der Waals surface area contributed by atoms with E-state index in [1.54, 1.807) is 0 Å². The van der Waals surface area contributed by atoms with Gasteiger partial charge in [-0.05, 0) is 31.1 Å². The first-order chi connectivity index (χ1) is 8.86. The molecule has 4 heteroatoms. The van der Waals surface area contributed by atoms with Gasteiger partial charge in [-0.2, -0.15) is 0 Å². The predicted octanol–water partition coefficient (Wildman–Crippen LogP) is 2.17. The van der Waals surface area contributed by atoms with Crippen LogP contribution in [0.5, 0.6) is 0 Å². The summed E-state index contributed by atoms with van der Waals surface area (Å²) in [5.41, 5.74) is 5.90. The molecule has 0 unspecified atom stereocenters. The molecule has 0 aromatic rings. The van der Waals surface area contributed by atoms with Gasteiger partial charge in [-0.3, -0.25) is 4.79 Å². The van der Waals surface area contributed by atoms with Gasteiger partial charge in [0.15, 0.2) is 0 Å². The Bertz CT molecular complexity index is 280. The maximum Gasteiger partial charge on any atom is 0.240 e. The fourth-order valence-corrected chi connectivity index (χ4v) is 2.33. The van der Waals surface area contributed by atoms with Crippen LogP contribution in [0.2, 0.25) is 0 Å². The third-order valence-corrected chi connectivity index (χ3v) is 3.70. The second-order valence-electron chi connectivity index (χ2n) is 6.62. The van der Waals surface area contributed by atoms with Gasteiger partial charge in [0.1, 0.15) is 0 Å². The SMILES string of the molecule is CCCN(C[C@H]1CCCCO1)C(=O)[C@@H](N)C(C)(C)C. The van der Waals surface area contributed by atoms with Crippen molar-refractivity contribution in [3.63, 3.8) is 0 Å². The molecule has 1 aliphatic heterocycles. The molecule has 0 radical (unpaired) electrons. The second-order valence-corrected chi connectivity index (χ2v) is 6.62. The van der Waals surface area contributed by atoms with E-state index in [-0.39, 0.29) is 17.4 Å². The average molecular weight is 270 g/mol. The monoisotopic (exact) mass is 270 g/mol. The largest absolute Gasteiger partial charge is 0.376 e. The summed E-state index contributed by atoms with van der Waals surface area (Å²) in [6, 6.07) is -0.442. The zero-order valence-electron chi connectivity index (χ0n) is 12.9. The van der Waals surface area contributed by atoms with Crippen molar-refractivity contribution in [2.24, 2.45) is 11.1 Å². The van der Waals surface area contributed by atoms with Crippen LogP contribution in [0, 0.1) is 5.41 Å². The summed E-state index contributed by atoms with van der Waals surface area (Å²) in [4.78, 5) is 14.4. The minimum atomic E-state index is -0.442. The standard InChI is InChI=1S/C15H30N2O2/c1-5-9-17(11-12-8-6-7-10-19-12)14(18)13(16)15(2,3)4/h12-13H,5-11,16H2,1-4H3/t12-,13-/m1/s1. The predicted molar refractivity (Wildman–Crippen MR) is 77.9 cm³/mol. The Morgan fingerprint density at radius 3 is 2.58 bits per heavy atom. The molecule has 112 valence electrons. The molecular weight excluding hydrogens is 240 g/mol. The molecule has 0 aromatic heterocycles. The van der Waals surface area contributed by atoms with E-state index in [4.69, 9.17) is 10.5 Å². The van der Waals surface area contributed by atoms with Crippen molar-refractivity contribution >= 4 is 5.91 Å². The number of nitrogens with zero attached hydrogens (tertiary/aromatic N) is 1. The third-order valence-electron chi connectivity index (χ3n) is 3.70. The highest BCUT2D eigenvalue weighted by molar-refractivity contribution is 5.82. The molecule has 0 saturated carbocycles. The van der Waals surface area contributed by atoms with Gasteiger partial charge in [-0.25, -0.2) is 0 Å². The molecule has 2 atom stereocenters. The second kappa shape index (κ2) is 7.25. The highest BCUT2D eigenvalue weighted by Gasteiger charge is 2.32. The molecular formula is C15H30N2O2. The Morgan fingerprint density at radius 2 is 2.11 bits per heavy atom. The van der Waals surface area contributed by atoms with E-state index >= 15 is 0 Å². The van der Waals surface area contributed by atoms with E-state index in [0.717, 1.165) is 32.4 Å². The molecule has 2 N–H and O–H groups in total. The number of nitrogens with two attached hydrogens (primary N) is 1. The lowest BCUT2D eigenvalue weighted by atomic mass is 9.86. The Labute approximate surface area is 117 Å². The van der Waals surface area contributed by atoms with Crippen LogP contribution in [-0.2, 0) is 9.53 Å². The zero-order chi connectivity index (χ0) is 14.5. The van der Waals surface area contributed by atoms with E-state index in [2.05, 4.69) is 6.92 Å². The fraction of sp³-hybridized carbons (Fsp3) is 0.933. The summed E-state index contributed by atoms with van der Waals surface area (Å²) in [5, 5.41) is 0. The van der Waals surface area contributed by atoms with Crippen molar-refractivity contribution in [3.8, 4) is 0 Å². The number of carbonyl (C=O) groups is 1. The van der Waals surface area contributed by atoms with Crippen LogP contribution in [0.4, 0.5) is 0 Å². The summed E-state index contributed by atoms with van der Waals surface area (Å²) in [6.07, 6.45) is 4.54. The van der Waals surface area contributed by atoms with Gasteiger partial charge >= 0.3 is 0 Å². The topological polar surface area (TPSA) is 55.6 Å². The number of hydrogen-bond acceptors (Lipinski definition) is 3. The molecule has 0 aromatic carbocycles. The molecule has 0 bridgehead atoms. The zero-order valence-corrected chi connectivity index (χ0v) is 12.9. The first-order valence-electron chi connectivity index (χ1n) is 7.52. The summed E-state index contributed by atoms with van der Waals surface area (Å²) < 4.78 is 5.74. The van der Waals surface area contributed by atoms with Gasteiger partial charge in [-0.15, -0.1) is 0 Å². The molecule has 4 nitrogen and oxygen atoms in total. The molecule has 0 spiro atoms. The van der Waals surface area contributed by atoms with Crippen molar-refractivity contribution in [3.05, 3.63) is 0 Å². The summed E-state index contributed by atoms with van der Waals surface area (Å²) in [5.74, 6) is 0.0588.